The van der Waals surface area contributed by atoms with E-state index in [2.05, 4.69) is 15.5 Å². The summed E-state index contributed by atoms with van der Waals surface area (Å²) >= 11 is 0. The van der Waals surface area contributed by atoms with Crippen molar-refractivity contribution >= 4 is 5.97 Å². The van der Waals surface area contributed by atoms with E-state index in [-0.39, 0.29) is 34.3 Å². The first-order valence-corrected chi connectivity index (χ1v) is 2.27. The van der Waals surface area contributed by atoms with Gasteiger partial charge in [0.2, 0.25) is 5.21 Å². The van der Waals surface area contributed by atoms with Crippen LogP contribution in [0.1, 0.15) is 10.6 Å². The van der Waals surface area contributed by atoms with Crippen LogP contribution < -0.4 is 34.7 Å². The Kier molecular flexibility index (Phi) is 3.73. The SMILES string of the molecule is O=C([O-])c1nnnn1[N+](=O)[O-].[Na+]. The molecule has 0 radical (unpaired) electrons. The molecule has 0 saturated heterocycles. The molecule has 0 unspecified atom stereocenters. The molecule has 9 nitrogen and oxygen atoms in total. The first-order valence-electron chi connectivity index (χ1n) is 2.27. The Hall–Kier alpha value is -1.06. The summed E-state index contributed by atoms with van der Waals surface area (Å²) in [6.45, 7) is 0. The topological polar surface area (TPSA) is 127 Å². The molecule has 1 heterocycles. The molecule has 58 valence electrons. The zero-order chi connectivity index (χ0) is 8.43. The van der Waals surface area contributed by atoms with Gasteiger partial charge in [-0.25, -0.2) is 0 Å². The molecule has 0 aliphatic rings. The summed E-state index contributed by atoms with van der Waals surface area (Å²) in [5, 5.41) is 27.2. The van der Waals surface area contributed by atoms with E-state index >= 15 is 0 Å². The molecule has 0 atom stereocenters. The van der Waals surface area contributed by atoms with E-state index in [9.17, 15) is 20.0 Å². The molecular weight excluding hydrogens is 181 g/mol. The summed E-state index contributed by atoms with van der Waals surface area (Å²) < 4.78 is 0. The van der Waals surface area contributed by atoms with Gasteiger partial charge in [0.1, 0.15) is 11.2 Å². The number of carbonyl (C=O) groups is 1. The molecule has 1 rings (SSSR count). The van der Waals surface area contributed by atoms with Gasteiger partial charge in [-0.1, -0.05) is 5.10 Å². The minimum atomic E-state index is -1.80. The summed E-state index contributed by atoms with van der Waals surface area (Å²) in [5.41, 5.74) is 0. The second-order valence-electron chi connectivity index (χ2n) is 1.42. The number of hydrogen-bond acceptors (Lipinski definition) is 7. The van der Waals surface area contributed by atoms with Crippen molar-refractivity contribution in [1.29, 1.82) is 0 Å². The molecule has 10 heteroatoms. The Morgan fingerprint density at radius 2 is 2.17 bits per heavy atom. The van der Waals surface area contributed by atoms with E-state index in [0.717, 1.165) is 0 Å². The summed E-state index contributed by atoms with van der Waals surface area (Å²) in [6, 6.07) is 0. The summed E-state index contributed by atoms with van der Waals surface area (Å²) in [5.74, 6) is -2.73. The number of rotatable bonds is 2. The molecule has 0 aliphatic heterocycles. The van der Waals surface area contributed by atoms with Crippen molar-refractivity contribution in [2.75, 3.05) is 0 Å². The molecule has 1 aromatic heterocycles. The van der Waals surface area contributed by atoms with Gasteiger partial charge in [-0.05, 0) is 0 Å². The third kappa shape index (κ3) is 1.96. The van der Waals surface area contributed by atoms with Crippen LogP contribution in [0.4, 0.5) is 0 Å². The van der Waals surface area contributed by atoms with Crippen LogP contribution in [0.3, 0.4) is 0 Å². The number of carboxylic acids is 1. The first-order chi connectivity index (χ1) is 5.13. The van der Waals surface area contributed by atoms with Gasteiger partial charge in [0, 0.05) is 0 Å². The third-order valence-corrected chi connectivity index (χ3v) is 0.791. The monoisotopic (exact) mass is 181 g/mol. The van der Waals surface area contributed by atoms with E-state index in [0.29, 0.717) is 0 Å². The van der Waals surface area contributed by atoms with Crippen molar-refractivity contribution in [3.05, 3.63) is 15.9 Å². The minimum absolute atomic E-state index is 0. The maximum absolute atomic E-state index is 10.0. The number of aromatic nitrogens is 4. The molecule has 12 heavy (non-hydrogen) atoms. The van der Waals surface area contributed by atoms with Crippen LogP contribution in [0.25, 0.3) is 0 Å². The molecule has 0 aromatic carbocycles. The van der Waals surface area contributed by atoms with Gasteiger partial charge < -0.3 is 20.0 Å². The molecule has 0 aliphatic carbocycles. The Morgan fingerprint density at radius 3 is 2.50 bits per heavy atom. The van der Waals surface area contributed by atoms with Gasteiger partial charge in [0.15, 0.2) is 0 Å². The van der Waals surface area contributed by atoms with Crippen molar-refractivity contribution in [3.63, 3.8) is 0 Å². The quantitative estimate of drug-likeness (QED) is 0.252. The van der Waals surface area contributed by atoms with E-state index in [4.69, 9.17) is 0 Å². The fraction of sp³-hybridized carbons (Fsp3) is 0. The van der Waals surface area contributed by atoms with Crippen LogP contribution >= 0.6 is 0 Å². The van der Waals surface area contributed by atoms with Crippen molar-refractivity contribution in [2.24, 2.45) is 0 Å². The molecule has 1 aromatic rings. The number of carboxylic acid groups (broad SMARTS) is 1. The maximum Gasteiger partial charge on any atom is 1.00 e. The van der Waals surface area contributed by atoms with E-state index in [1.54, 1.807) is 0 Å². The van der Waals surface area contributed by atoms with Crippen LogP contribution in [0.2, 0.25) is 0 Å². The maximum atomic E-state index is 10.0. The molecule has 0 N–H and O–H groups in total. The smallest absolute Gasteiger partial charge is 0.541 e. The molecule has 0 fully saturated rings. The van der Waals surface area contributed by atoms with Crippen LogP contribution in [0, 0.1) is 10.1 Å². The molecule has 0 bridgehead atoms. The summed E-state index contributed by atoms with van der Waals surface area (Å²) in [4.78, 5) is 19.8. The van der Waals surface area contributed by atoms with E-state index in [1.807, 2.05) is 0 Å². The number of hydrogen-bond donors (Lipinski definition) is 0. The second kappa shape index (κ2) is 4.09. The summed E-state index contributed by atoms with van der Waals surface area (Å²) in [7, 11) is 0. The number of nitrogens with zero attached hydrogens (tertiary/aromatic N) is 5. The second-order valence-corrected chi connectivity index (χ2v) is 1.42. The van der Waals surface area contributed by atoms with Crippen molar-refractivity contribution in [2.45, 2.75) is 0 Å². The van der Waals surface area contributed by atoms with Gasteiger partial charge in [-0.15, -0.1) is 0 Å². The Labute approximate surface area is 86.8 Å². The largest absolute Gasteiger partial charge is 1.00 e. The Bertz CT molecular complexity index is 280. The molecular formula is C2N5NaO4. The summed E-state index contributed by atoms with van der Waals surface area (Å²) in [6.07, 6.45) is 0. The Morgan fingerprint density at radius 1 is 1.58 bits per heavy atom. The van der Waals surface area contributed by atoms with Crippen LogP contribution in [-0.4, -0.2) is 31.3 Å². The normalized spacial score (nSPS) is 8.67. The molecule has 0 spiro atoms. The van der Waals surface area contributed by atoms with Crippen molar-refractivity contribution in [1.82, 2.24) is 20.3 Å². The minimum Gasteiger partial charge on any atom is -0.541 e. The average molecular weight is 181 g/mol. The van der Waals surface area contributed by atoms with Gasteiger partial charge >= 0.3 is 29.6 Å². The van der Waals surface area contributed by atoms with Crippen LogP contribution in [-0.2, 0) is 0 Å². The van der Waals surface area contributed by atoms with Crippen LogP contribution in [0.5, 0.6) is 0 Å². The predicted molar refractivity (Wildman–Crippen MR) is 24.5 cm³/mol. The molecule has 0 amide bonds. The molecule has 0 saturated carbocycles. The predicted octanol–water partition coefficient (Wildman–Crippen LogP) is -5.92. The number of tetrazole rings is 1. The van der Waals surface area contributed by atoms with Gasteiger partial charge in [0.05, 0.1) is 9.82 Å². The number of carbonyl (C=O) groups excluding carboxylic acids is 1. The van der Waals surface area contributed by atoms with Crippen molar-refractivity contribution in [3.8, 4) is 0 Å². The van der Waals surface area contributed by atoms with Gasteiger partial charge in [-0.2, -0.15) is 0 Å². The average Bonchev–Trinajstić information content (AvgIpc) is 2.32. The fourth-order valence-electron chi connectivity index (χ4n) is 0.415. The zero-order valence-corrected chi connectivity index (χ0v) is 7.87. The fourth-order valence-corrected chi connectivity index (χ4v) is 0.415. The zero-order valence-electron chi connectivity index (χ0n) is 5.87. The third-order valence-electron chi connectivity index (χ3n) is 0.791. The van der Waals surface area contributed by atoms with Crippen LogP contribution in [0.15, 0.2) is 0 Å². The number of aromatic carboxylic acids is 1. The standard InChI is InChI=1S/C2HN5O4.Na/c8-2(9)1-3-4-5-6(1)7(10)11;/h(H,8,9);/q;+1/p-1. The number of nitro groups is 1. The Balaban J connectivity index is 0.00000121. The van der Waals surface area contributed by atoms with E-state index < -0.39 is 16.8 Å². The van der Waals surface area contributed by atoms with Gasteiger partial charge in [-0.3, -0.25) is 0 Å². The van der Waals surface area contributed by atoms with Crippen molar-refractivity contribution < 1.29 is 44.5 Å². The van der Waals surface area contributed by atoms with Gasteiger partial charge in [0.25, 0.3) is 5.82 Å². The van der Waals surface area contributed by atoms with E-state index in [1.165, 1.54) is 0 Å². The first kappa shape index (κ1) is 10.9.